The van der Waals surface area contributed by atoms with Crippen LogP contribution in [0.3, 0.4) is 0 Å². The summed E-state index contributed by atoms with van der Waals surface area (Å²) < 4.78 is 18.5. The number of halogens is 1. The van der Waals surface area contributed by atoms with Crippen LogP contribution in [-0.4, -0.2) is 30.9 Å². The van der Waals surface area contributed by atoms with Crippen LogP contribution in [0.2, 0.25) is 5.02 Å². The van der Waals surface area contributed by atoms with E-state index in [1.807, 2.05) is 31.2 Å². The Morgan fingerprint density at radius 3 is 2.63 bits per heavy atom. The average Bonchev–Trinajstić information content (AvgIpc) is 3.14. The van der Waals surface area contributed by atoms with Crippen molar-refractivity contribution in [3.05, 3.63) is 89.6 Å². The summed E-state index contributed by atoms with van der Waals surface area (Å²) >= 11 is 7.57. The molecule has 0 radical (unpaired) electrons. The minimum absolute atomic E-state index is 0.200. The first kappa shape index (κ1) is 24.8. The quantitative estimate of drug-likeness (QED) is 0.449. The smallest absolute Gasteiger partial charge is 0.338 e. The molecule has 0 amide bonds. The van der Waals surface area contributed by atoms with Crippen molar-refractivity contribution >= 4 is 35.0 Å². The lowest BCUT2D eigenvalue weighted by Gasteiger charge is -2.25. The number of nitrogens with zero attached hydrogens (tertiary/aromatic N) is 2. The molecule has 0 bridgehead atoms. The largest absolute Gasteiger partial charge is 0.493 e. The van der Waals surface area contributed by atoms with E-state index < -0.39 is 12.0 Å². The lowest BCUT2D eigenvalue weighted by molar-refractivity contribution is -0.139. The number of fused-ring (bicyclic) bond motifs is 1. The predicted octanol–water partition coefficient (Wildman–Crippen LogP) is 3.86. The summed E-state index contributed by atoms with van der Waals surface area (Å²) in [4.78, 5) is 31.8. The molecule has 1 atom stereocenters. The monoisotopic (exact) mass is 512 g/mol. The number of thiazole rings is 1. The lowest BCUT2D eigenvalue weighted by atomic mass is 9.95. The zero-order valence-corrected chi connectivity index (χ0v) is 21.4. The van der Waals surface area contributed by atoms with Crippen LogP contribution in [0.4, 0.5) is 0 Å². The second kappa shape index (κ2) is 10.5. The van der Waals surface area contributed by atoms with Crippen molar-refractivity contribution in [1.82, 2.24) is 4.57 Å². The maximum Gasteiger partial charge on any atom is 0.338 e. The number of esters is 1. The molecule has 1 aliphatic heterocycles. The van der Waals surface area contributed by atoms with Crippen LogP contribution in [0.5, 0.6) is 11.5 Å². The molecular weight excluding hydrogens is 488 g/mol. The topological polar surface area (TPSA) is 79.1 Å². The van der Waals surface area contributed by atoms with E-state index in [0.29, 0.717) is 49.3 Å². The summed E-state index contributed by atoms with van der Waals surface area (Å²) in [5.41, 5.74) is 1.92. The molecule has 3 aromatic rings. The second-order valence-corrected chi connectivity index (χ2v) is 9.08. The Balaban J connectivity index is 1.98. The number of hydrogen-bond acceptors (Lipinski definition) is 7. The zero-order valence-electron chi connectivity index (χ0n) is 19.8. The highest BCUT2D eigenvalue weighted by Gasteiger charge is 2.34. The Morgan fingerprint density at radius 2 is 1.94 bits per heavy atom. The van der Waals surface area contributed by atoms with Crippen molar-refractivity contribution in [3.63, 3.8) is 0 Å². The molecular formula is C26H25ClN2O5S. The van der Waals surface area contributed by atoms with Gasteiger partial charge in [0, 0.05) is 5.02 Å². The normalized spacial score (nSPS) is 15.5. The van der Waals surface area contributed by atoms with Crippen molar-refractivity contribution < 1.29 is 19.0 Å². The van der Waals surface area contributed by atoms with Crippen LogP contribution in [0.15, 0.2) is 63.5 Å². The molecule has 0 aliphatic carbocycles. The summed E-state index contributed by atoms with van der Waals surface area (Å²) in [6.45, 7) is 5.99. The van der Waals surface area contributed by atoms with Crippen LogP contribution in [0, 0.1) is 0 Å². The van der Waals surface area contributed by atoms with Crippen LogP contribution < -0.4 is 24.4 Å². The molecule has 0 fully saturated rings. The number of aromatic nitrogens is 1. The SMILES string of the molecule is CCOC(=O)C1=C(C)N=c2s/c(=C/c3ccccc3Cl)c(=O)n2[C@H]1c1ccc(OC)c(OCC)c1. The maximum atomic E-state index is 13.7. The van der Waals surface area contributed by atoms with Gasteiger partial charge in [-0.25, -0.2) is 9.79 Å². The maximum absolute atomic E-state index is 13.7. The highest BCUT2D eigenvalue weighted by Crippen LogP contribution is 2.36. The Kier molecular flexibility index (Phi) is 7.42. The van der Waals surface area contributed by atoms with Gasteiger partial charge in [0.2, 0.25) is 0 Å². The van der Waals surface area contributed by atoms with Gasteiger partial charge in [0.05, 0.1) is 42.2 Å². The van der Waals surface area contributed by atoms with Gasteiger partial charge in [-0.15, -0.1) is 0 Å². The first-order chi connectivity index (χ1) is 16.9. The van der Waals surface area contributed by atoms with E-state index in [-0.39, 0.29) is 12.2 Å². The van der Waals surface area contributed by atoms with Crippen molar-refractivity contribution in [2.75, 3.05) is 20.3 Å². The number of rotatable bonds is 7. The number of carbonyl (C=O) groups is 1. The van der Waals surface area contributed by atoms with Gasteiger partial charge >= 0.3 is 5.97 Å². The van der Waals surface area contributed by atoms with E-state index in [1.54, 1.807) is 45.2 Å². The molecule has 4 rings (SSSR count). The minimum atomic E-state index is -0.746. The summed E-state index contributed by atoms with van der Waals surface area (Å²) in [6.07, 6.45) is 1.74. The predicted molar refractivity (Wildman–Crippen MR) is 136 cm³/mol. The molecule has 182 valence electrons. The Bertz CT molecular complexity index is 1490. The molecule has 7 nitrogen and oxygen atoms in total. The van der Waals surface area contributed by atoms with E-state index in [9.17, 15) is 9.59 Å². The van der Waals surface area contributed by atoms with Gasteiger partial charge in [-0.3, -0.25) is 9.36 Å². The van der Waals surface area contributed by atoms with Crippen molar-refractivity contribution in [1.29, 1.82) is 0 Å². The third-order valence-electron chi connectivity index (χ3n) is 5.51. The van der Waals surface area contributed by atoms with E-state index in [2.05, 4.69) is 4.99 Å². The molecule has 0 saturated carbocycles. The van der Waals surface area contributed by atoms with Gasteiger partial charge in [-0.05, 0) is 56.2 Å². The summed E-state index contributed by atoms with van der Waals surface area (Å²) in [5, 5.41) is 0.537. The van der Waals surface area contributed by atoms with Gasteiger partial charge in [-0.2, -0.15) is 0 Å². The highest BCUT2D eigenvalue weighted by atomic mass is 35.5. The van der Waals surface area contributed by atoms with Crippen molar-refractivity contribution in [2.24, 2.45) is 4.99 Å². The molecule has 1 aromatic heterocycles. The summed E-state index contributed by atoms with van der Waals surface area (Å²) in [5.74, 6) is 0.552. The number of hydrogen-bond donors (Lipinski definition) is 0. The van der Waals surface area contributed by atoms with Crippen molar-refractivity contribution in [2.45, 2.75) is 26.8 Å². The van der Waals surface area contributed by atoms with Gasteiger partial charge < -0.3 is 14.2 Å². The summed E-state index contributed by atoms with van der Waals surface area (Å²) in [7, 11) is 1.56. The fraction of sp³-hybridized carbons (Fsp3) is 0.269. The Morgan fingerprint density at radius 1 is 1.17 bits per heavy atom. The molecule has 2 heterocycles. The molecule has 9 heteroatoms. The lowest BCUT2D eigenvalue weighted by Crippen LogP contribution is -2.40. The third-order valence-corrected chi connectivity index (χ3v) is 6.84. The molecule has 35 heavy (non-hydrogen) atoms. The Labute approximate surface area is 211 Å². The van der Waals surface area contributed by atoms with Crippen LogP contribution in [0.1, 0.15) is 37.9 Å². The number of carbonyl (C=O) groups excluding carboxylic acids is 1. The highest BCUT2D eigenvalue weighted by molar-refractivity contribution is 7.07. The third kappa shape index (κ3) is 4.76. The Hall–Kier alpha value is -3.36. The average molecular weight is 513 g/mol. The summed E-state index contributed by atoms with van der Waals surface area (Å²) in [6, 6.07) is 11.9. The van der Waals surface area contributed by atoms with Crippen LogP contribution >= 0.6 is 22.9 Å². The number of allylic oxidation sites excluding steroid dienone is 1. The number of methoxy groups -OCH3 is 1. The zero-order chi connectivity index (χ0) is 25.1. The second-order valence-electron chi connectivity index (χ2n) is 7.67. The molecule has 0 spiro atoms. The van der Waals surface area contributed by atoms with Gasteiger partial charge in [0.25, 0.3) is 5.56 Å². The first-order valence-corrected chi connectivity index (χ1v) is 12.3. The van der Waals surface area contributed by atoms with E-state index in [0.717, 1.165) is 5.56 Å². The van der Waals surface area contributed by atoms with Crippen LogP contribution in [-0.2, 0) is 9.53 Å². The molecule has 0 N–H and O–H groups in total. The van der Waals surface area contributed by atoms with E-state index >= 15 is 0 Å². The van der Waals surface area contributed by atoms with Gasteiger partial charge in [0.1, 0.15) is 0 Å². The molecule has 0 saturated heterocycles. The van der Waals surface area contributed by atoms with E-state index in [1.165, 1.54) is 15.9 Å². The first-order valence-electron chi connectivity index (χ1n) is 11.1. The fourth-order valence-electron chi connectivity index (χ4n) is 3.97. The minimum Gasteiger partial charge on any atom is -0.493 e. The van der Waals surface area contributed by atoms with E-state index in [4.69, 9.17) is 25.8 Å². The molecule has 0 unspecified atom stereocenters. The fourth-order valence-corrected chi connectivity index (χ4v) is 5.20. The van der Waals surface area contributed by atoms with Gasteiger partial charge in [-0.1, -0.05) is 47.2 Å². The van der Waals surface area contributed by atoms with Crippen molar-refractivity contribution in [3.8, 4) is 11.5 Å². The number of ether oxygens (including phenoxy) is 3. The van der Waals surface area contributed by atoms with Crippen LogP contribution in [0.25, 0.3) is 6.08 Å². The van der Waals surface area contributed by atoms with Gasteiger partial charge in [0.15, 0.2) is 16.3 Å². The molecule has 2 aromatic carbocycles. The number of benzene rings is 2. The standard InChI is InChI=1S/C26H25ClN2O5S/c1-5-33-20-13-17(11-12-19(20)32-4)23-22(25(31)34-6-2)15(3)28-26-29(23)24(30)21(35-26)14-16-9-7-8-10-18(16)27/h7-14,23H,5-6H2,1-4H3/b21-14+/t23-/m0/s1. The molecule has 1 aliphatic rings.